The molecule has 0 aromatic carbocycles. The summed E-state index contributed by atoms with van der Waals surface area (Å²) in [4.78, 5) is 11.1. The summed E-state index contributed by atoms with van der Waals surface area (Å²) in [6.45, 7) is 4.09. The topological polar surface area (TPSA) is 29.1 Å². The first kappa shape index (κ1) is 8.09. The molecule has 2 rings (SSSR count). The monoisotopic (exact) mass is 167 g/mol. The van der Waals surface area contributed by atoms with Crippen molar-refractivity contribution in [2.24, 2.45) is 11.3 Å². The molecule has 0 bridgehead atoms. The van der Waals surface area contributed by atoms with Gasteiger partial charge in [0, 0.05) is 6.04 Å². The highest BCUT2D eigenvalue weighted by Crippen LogP contribution is 2.38. The molecule has 1 N–H and O–H groups in total. The molecular weight excluding hydrogens is 150 g/mol. The van der Waals surface area contributed by atoms with E-state index in [-0.39, 0.29) is 11.3 Å². The Hall–Kier alpha value is -0.530. The number of nitrogens with one attached hydrogen (secondary N) is 1. The number of rotatable bonds is 3. The Morgan fingerprint density at radius 2 is 2.08 bits per heavy atom. The van der Waals surface area contributed by atoms with Gasteiger partial charge in [-0.05, 0) is 32.6 Å². The lowest BCUT2D eigenvalue weighted by Crippen LogP contribution is -2.64. The molecule has 0 aromatic heterocycles. The largest absolute Gasteiger partial charge is 0.352 e. The summed E-state index contributed by atoms with van der Waals surface area (Å²) in [6.07, 6.45) is 5.33. The average Bonchev–Trinajstić information content (AvgIpc) is 2.80. The molecule has 0 spiro atoms. The van der Waals surface area contributed by atoms with Crippen LogP contribution < -0.4 is 5.32 Å². The smallest absolute Gasteiger partial charge is 0.227 e. The van der Waals surface area contributed by atoms with E-state index in [1.807, 2.05) is 13.8 Å². The number of carbonyl (C=O) groups is 1. The van der Waals surface area contributed by atoms with Crippen molar-refractivity contribution in [1.82, 2.24) is 5.32 Å². The maximum atomic E-state index is 11.1. The van der Waals surface area contributed by atoms with Crippen LogP contribution in [-0.4, -0.2) is 11.9 Å². The van der Waals surface area contributed by atoms with Gasteiger partial charge in [-0.2, -0.15) is 0 Å². The number of β-lactam (4-membered cyclic amide) rings is 1. The third-order valence-corrected chi connectivity index (χ3v) is 3.32. The Morgan fingerprint density at radius 1 is 1.42 bits per heavy atom. The van der Waals surface area contributed by atoms with Crippen molar-refractivity contribution in [2.75, 3.05) is 0 Å². The second-order valence-corrected chi connectivity index (χ2v) is 4.77. The van der Waals surface area contributed by atoms with E-state index < -0.39 is 0 Å². The van der Waals surface area contributed by atoms with Crippen molar-refractivity contribution in [1.29, 1.82) is 0 Å². The molecule has 2 heteroatoms. The third kappa shape index (κ3) is 1.23. The standard InChI is InChI=1S/C10H17NO/c1-10(2)8(11-9(10)12)6-5-7-3-4-7/h7-8H,3-6H2,1-2H3,(H,11,12). The highest BCUT2D eigenvalue weighted by Gasteiger charge is 2.46. The van der Waals surface area contributed by atoms with Crippen molar-refractivity contribution in [3.05, 3.63) is 0 Å². The molecule has 1 aliphatic carbocycles. The van der Waals surface area contributed by atoms with Gasteiger partial charge in [0.25, 0.3) is 0 Å². The summed E-state index contributed by atoms with van der Waals surface area (Å²) in [7, 11) is 0. The Bertz CT molecular complexity index is 206. The maximum absolute atomic E-state index is 11.1. The second-order valence-electron chi connectivity index (χ2n) is 4.77. The van der Waals surface area contributed by atoms with Gasteiger partial charge in [-0.3, -0.25) is 4.79 Å². The minimum Gasteiger partial charge on any atom is -0.352 e. The Labute approximate surface area is 73.7 Å². The van der Waals surface area contributed by atoms with Gasteiger partial charge >= 0.3 is 0 Å². The van der Waals surface area contributed by atoms with E-state index >= 15 is 0 Å². The Morgan fingerprint density at radius 3 is 2.50 bits per heavy atom. The molecule has 2 aliphatic rings. The zero-order valence-corrected chi connectivity index (χ0v) is 7.89. The fourth-order valence-corrected chi connectivity index (χ4v) is 1.85. The molecule has 1 unspecified atom stereocenters. The quantitative estimate of drug-likeness (QED) is 0.637. The Kier molecular flexibility index (Phi) is 1.67. The number of hydrogen-bond donors (Lipinski definition) is 1. The number of amides is 1. The molecule has 1 saturated heterocycles. The minimum absolute atomic E-state index is 0.0884. The van der Waals surface area contributed by atoms with Crippen LogP contribution in [0.4, 0.5) is 0 Å². The zero-order chi connectivity index (χ0) is 8.77. The van der Waals surface area contributed by atoms with Crippen molar-refractivity contribution in [2.45, 2.75) is 45.6 Å². The van der Waals surface area contributed by atoms with E-state index in [0.29, 0.717) is 6.04 Å². The van der Waals surface area contributed by atoms with Gasteiger partial charge in [-0.25, -0.2) is 0 Å². The summed E-state index contributed by atoms with van der Waals surface area (Å²) in [5, 5.41) is 2.98. The van der Waals surface area contributed by atoms with Crippen LogP contribution >= 0.6 is 0 Å². The highest BCUT2D eigenvalue weighted by molar-refractivity contribution is 5.89. The molecule has 0 radical (unpaired) electrons. The van der Waals surface area contributed by atoms with Crippen LogP contribution in [0.3, 0.4) is 0 Å². The number of hydrogen-bond acceptors (Lipinski definition) is 1. The minimum atomic E-state index is -0.0884. The van der Waals surface area contributed by atoms with Gasteiger partial charge in [0.05, 0.1) is 5.41 Å². The number of carbonyl (C=O) groups excluding carboxylic acids is 1. The van der Waals surface area contributed by atoms with Crippen LogP contribution in [0, 0.1) is 11.3 Å². The zero-order valence-electron chi connectivity index (χ0n) is 7.89. The highest BCUT2D eigenvalue weighted by atomic mass is 16.2. The second kappa shape index (κ2) is 2.48. The Balaban J connectivity index is 1.78. The third-order valence-electron chi connectivity index (χ3n) is 3.32. The first-order chi connectivity index (χ1) is 5.60. The van der Waals surface area contributed by atoms with E-state index in [1.165, 1.54) is 25.7 Å². The summed E-state index contributed by atoms with van der Waals surface area (Å²) >= 11 is 0. The normalized spacial score (nSPS) is 32.5. The van der Waals surface area contributed by atoms with E-state index in [1.54, 1.807) is 0 Å². The van der Waals surface area contributed by atoms with Gasteiger partial charge in [-0.1, -0.05) is 12.8 Å². The van der Waals surface area contributed by atoms with Gasteiger partial charge in [0.1, 0.15) is 0 Å². The predicted octanol–water partition coefficient (Wildman–Crippen LogP) is 1.70. The van der Waals surface area contributed by atoms with E-state index in [4.69, 9.17) is 0 Å². The van der Waals surface area contributed by atoms with E-state index in [9.17, 15) is 4.79 Å². The first-order valence-corrected chi connectivity index (χ1v) is 4.91. The molecule has 1 atom stereocenters. The van der Waals surface area contributed by atoms with Crippen LogP contribution in [0.5, 0.6) is 0 Å². The molecule has 12 heavy (non-hydrogen) atoms. The van der Waals surface area contributed by atoms with Crippen LogP contribution in [0.15, 0.2) is 0 Å². The summed E-state index contributed by atoms with van der Waals surface area (Å²) in [6, 6.07) is 0.450. The van der Waals surface area contributed by atoms with Gasteiger partial charge in [-0.15, -0.1) is 0 Å². The summed E-state index contributed by atoms with van der Waals surface area (Å²) < 4.78 is 0. The van der Waals surface area contributed by atoms with Crippen molar-refractivity contribution in [3.8, 4) is 0 Å². The molecule has 0 aromatic rings. The van der Waals surface area contributed by atoms with E-state index in [2.05, 4.69) is 5.32 Å². The van der Waals surface area contributed by atoms with Crippen molar-refractivity contribution >= 4 is 5.91 Å². The van der Waals surface area contributed by atoms with Crippen LogP contribution in [0.25, 0.3) is 0 Å². The summed E-state index contributed by atoms with van der Waals surface area (Å²) in [5.74, 6) is 1.21. The maximum Gasteiger partial charge on any atom is 0.227 e. The van der Waals surface area contributed by atoms with Crippen molar-refractivity contribution < 1.29 is 4.79 Å². The van der Waals surface area contributed by atoms with Crippen LogP contribution in [0.1, 0.15) is 39.5 Å². The molecule has 68 valence electrons. The lowest BCUT2D eigenvalue weighted by molar-refractivity contribution is -0.143. The van der Waals surface area contributed by atoms with Gasteiger partial charge < -0.3 is 5.32 Å². The molecule has 2 fully saturated rings. The molecule has 1 aliphatic heterocycles. The van der Waals surface area contributed by atoms with Gasteiger partial charge in [0.15, 0.2) is 0 Å². The molecular formula is C10H17NO. The lowest BCUT2D eigenvalue weighted by Gasteiger charge is -2.44. The van der Waals surface area contributed by atoms with Gasteiger partial charge in [0.2, 0.25) is 5.91 Å². The van der Waals surface area contributed by atoms with Crippen molar-refractivity contribution in [3.63, 3.8) is 0 Å². The first-order valence-electron chi connectivity index (χ1n) is 4.91. The molecule has 2 nitrogen and oxygen atoms in total. The summed E-state index contributed by atoms with van der Waals surface area (Å²) in [5.41, 5.74) is -0.0884. The SMILES string of the molecule is CC1(C)C(=O)NC1CCC1CC1. The fourth-order valence-electron chi connectivity index (χ4n) is 1.85. The van der Waals surface area contributed by atoms with E-state index in [0.717, 1.165) is 5.92 Å². The van der Waals surface area contributed by atoms with Crippen LogP contribution in [-0.2, 0) is 4.79 Å². The predicted molar refractivity (Wildman–Crippen MR) is 47.7 cm³/mol. The van der Waals surface area contributed by atoms with Crippen LogP contribution in [0.2, 0.25) is 0 Å². The molecule has 1 heterocycles. The molecule has 1 saturated carbocycles. The lowest BCUT2D eigenvalue weighted by atomic mass is 9.74. The fraction of sp³-hybridized carbons (Fsp3) is 0.900. The average molecular weight is 167 g/mol. The molecule has 1 amide bonds.